The lowest BCUT2D eigenvalue weighted by atomic mass is 10.0. The van der Waals surface area contributed by atoms with Crippen LogP contribution in [0.15, 0.2) is 23.1 Å². The Hall–Kier alpha value is -1.93. The molecule has 1 fully saturated rings. The van der Waals surface area contributed by atoms with Crippen molar-refractivity contribution in [2.24, 2.45) is 0 Å². The summed E-state index contributed by atoms with van der Waals surface area (Å²) >= 11 is 0. The molecule has 0 aliphatic carbocycles. The predicted molar refractivity (Wildman–Crippen MR) is 92.0 cm³/mol. The highest BCUT2D eigenvalue weighted by Gasteiger charge is 2.38. The third kappa shape index (κ3) is 3.28. The van der Waals surface area contributed by atoms with E-state index >= 15 is 0 Å². The van der Waals surface area contributed by atoms with Crippen LogP contribution in [-0.4, -0.2) is 48.8 Å². The molecule has 1 N–H and O–H groups in total. The molecule has 7 nitrogen and oxygen atoms in total. The Bertz CT molecular complexity index is 805. The van der Waals surface area contributed by atoms with Gasteiger partial charge in [0.25, 0.3) is 0 Å². The van der Waals surface area contributed by atoms with Crippen LogP contribution in [0.1, 0.15) is 38.2 Å². The summed E-state index contributed by atoms with van der Waals surface area (Å²) in [5, 5.41) is 9.36. The first kappa shape index (κ1) is 17.9. The number of rotatable bonds is 3. The second kappa shape index (κ2) is 6.76. The predicted octanol–water partition coefficient (Wildman–Crippen LogP) is 1.61. The van der Waals surface area contributed by atoms with Crippen molar-refractivity contribution in [1.82, 2.24) is 4.31 Å². The van der Waals surface area contributed by atoms with E-state index in [1.54, 1.807) is 17.0 Å². The third-order valence-electron chi connectivity index (χ3n) is 4.90. The molecule has 0 bridgehead atoms. The highest BCUT2D eigenvalue weighted by Crippen LogP contribution is 2.32. The van der Waals surface area contributed by atoms with E-state index in [1.165, 1.54) is 13.0 Å². The van der Waals surface area contributed by atoms with Crippen molar-refractivity contribution < 1.29 is 23.1 Å². The van der Waals surface area contributed by atoms with Crippen LogP contribution in [0.5, 0.6) is 0 Å². The molecule has 25 heavy (non-hydrogen) atoms. The molecule has 1 saturated heterocycles. The lowest BCUT2D eigenvalue weighted by Crippen LogP contribution is -2.47. The van der Waals surface area contributed by atoms with Crippen LogP contribution in [0.2, 0.25) is 0 Å². The number of amides is 1. The Kier molecular flexibility index (Phi) is 4.83. The molecule has 1 aromatic rings. The molecule has 1 unspecified atom stereocenters. The summed E-state index contributed by atoms with van der Waals surface area (Å²) < 4.78 is 27.1. The third-order valence-corrected chi connectivity index (χ3v) is 6.80. The highest BCUT2D eigenvalue weighted by atomic mass is 32.2. The van der Waals surface area contributed by atoms with Gasteiger partial charge in [-0.15, -0.1) is 0 Å². The van der Waals surface area contributed by atoms with Gasteiger partial charge in [-0.05, 0) is 55.9 Å². The molecule has 0 spiro atoms. The van der Waals surface area contributed by atoms with Gasteiger partial charge in [0.05, 0.1) is 4.90 Å². The average molecular weight is 366 g/mol. The Balaban J connectivity index is 1.98. The largest absolute Gasteiger partial charge is 0.480 e. The molecule has 1 amide bonds. The molecule has 0 aromatic heterocycles. The van der Waals surface area contributed by atoms with Gasteiger partial charge < -0.3 is 10.0 Å². The number of carbonyl (C=O) groups is 2. The van der Waals surface area contributed by atoms with Gasteiger partial charge in [-0.1, -0.05) is 0 Å². The number of anilines is 1. The zero-order valence-corrected chi connectivity index (χ0v) is 15.0. The van der Waals surface area contributed by atoms with Crippen molar-refractivity contribution in [1.29, 1.82) is 0 Å². The summed E-state index contributed by atoms with van der Waals surface area (Å²) in [6.07, 6.45) is 3.17. The van der Waals surface area contributed by atoms with Crippen molar-refractivity contribution in [3.63, 3.8) is 0 Å². The van der Waals surface area contributed by atoms with Crippen molar-refractivity contribution in [2.45, 2.75) is 50.0 Å². The fraction of sp³-hybridized carbons (Fsp3) is 0.529. The van der Waals surface area contributed by atoms with E-state index in [1.807, 2.05) is 0 Å². The van der Waals surface area contributed by atoms with Crippen LogP contribution in [0.4, 0.5) is 5.69 Å². The van der Waals surface area contributed by atoms with Gasteiger partial charge in [-0.25, -0.2) is 8.42 Å². The molecule has 1 atom stereocenters. The molecule has 2 heterocycles. The number of hydrogen-bond donors (Lipinski definition) is 1. The molecule has 136 valence electrons. The number of fused-ring (bicyclic) bond motifs is 1. The summed E-state index contributed by atoms with van der Waals surface area (Å²) in [6.45, 7) is 2.34. The average Bonchev–Trinajstić information content (AvgIpc) is 2.60. The van der Waals surface area contributed by atoms with Gasteiger partial charge in [0.2, 0.25) is 15.9 Å². The fourth-order valence-corrected chi connectivity index (χ4v) is 5.34. The molecule has 3 rings (SSSR count). The zero-order valence-electron chi connectivity index (χ0n) is 14.1. The van der Waals surface area contributed by atoms with Crippen molar-refractivity contribution in [3.05, 3.63) is 23.8 Å². The number of piperidine rings is 1. The smallest absolute Gasteiger partial charge is 0.322 e. The lowest BCUT2D eigenvalue weighted by Gasteiger charge is -2.33. The first-order chi connectivity index (χ1) is 11.8. The van der Waals surface area contributed by atoms with Crippen molar-refractivity contribution >= 4 is 27.6 Å². The Morgan fingerprint density at radius 2 is 1.92 bits per heavy atom. The number of hydrogen-bond acceptors (Lipinski definition) is 4. The number of carboxylic acid groups (broad SMARTS) is 1. The fourth-order valence-electron chi connectivity index (χ4n) is 3.64. The van der Waals surface area contributed by atoms with Crippen LogP contribution < -0.4 is 4.90 Å². The summed E-state index contributed by atoms with van der Waals surface area (Å²) in [7, 11) is -3.88. The number of benzene rings is 1. The van der Waals surface area contributed by atoms with Crippen LogP contribution >= 0.6 is 0 Å². The van der Waals surface area contributed by atoms with Crippen molar-refractivity contribution in [3.8, 4) is 0 Å². The first-order valence-corrected chi connectivity index (χ1v) is 9.92. The minimum absolute atomic E-state index is 0.0708. The van der Waals surface area contributed by atoms with Gasteiger partial charge in [0, 0.05) is 25.7 Å². The van der Waals surface area contributed by atoms with Crippen LogP contribution in [0.3, 0.4) is 0 Å². The molecule has 2 aliphatic heterocycles. The lowest BCUT2D eigenvalue weighted by molar-refractivity contribution is -0.142. The maximum absolute atomic E-state index is 13.0. The van der Waals surface area contributed by atoms with E-state index in [4.69, 9.17) is 0 Å². The quantitative estimate of drug-likeness (QED) is 0.877. The van der Waals surface area contributed by atoms with E-state index in [9.17, 15) is 23.1 Å². The number of aliphatic carboxylic acids is 1. The number of carbonyl (C=O) groups excluding carboxylic acids is 1. The summed E-state index contributed by atoms with van der Waals surface area (Å²) in [5.41, 5.74) is 1.55. The SMILES string of the molecule is CC(=O)N1CCCc2cc(S(=O)(=O)N3CCCCC3C(=O)O)ccc21. The molecule has 8 heteroatoms. The Morgan fingerprint density at radius 3 is 2.60 bits per heavy atom. The zero-order chi connectivity index (χ0) is 18.2. The summed E-state index contributed by atoms with van der Waals surface area (Å²) in [6, 6.07) is 3.71. The van der Waals surface area contributed by atoms with Gasteiger partial charge >= 0.3 is 5.97 Å². The summed E-state index contributed by atoms with van der Waals surface area (Å²) in [5.74, 6) is -1.18. The van der Waals surface area contributed by atoms with Crippen LogP contribution in [-0.2, 0) is 26.0 Å². The molecule has 0 saturated carbocycles. The minimum atomic E-state index is -3.88. The van der Waals surface area contributed by atoms with Crippen LogP contribution in [0.25, 0.3) is 0 Å². The standard InChI is InChI=1S/C17H22N2O5S/c1-12(20)18-9-4-5-13-11-14(7-8-15(13)18)25(23,24)19-10-3-2-6-16(19)17(21)22/h7-8,11,16H,2-6,9-10H2,1H3,(H,21,22). The minimum Gasteiger partial charge on any atom is -0.480 e. The second-order valence-corrected chi connectivity index (χ2v) is 8.42. The molecule has 1 aromatic carbocycles. The van der Waals surface area contributed by atoms with E-state index < -0.39 is 22.0 Å². The Morgan fingerprint density at radius 1 is 1.16 bits per heavy atom. The van der Waals surface area contributed by atoms with E-state index in [0.717, 1.165) is 22.0 Å². The first-order valence-electron chi connectivity index (χ1n) is 8.48. The second-order valence-electron chi connectivity index (χ2n) is 6.53. The number of carboxylic acids is 1. The number of sulfonamides is 1. The van der Waals surface area contributed by atoms with E-state index in [2.05, 4.69) is 0 Å². The topological polar surface area (TPSA) is 95.0 Å². The van der Waals surface area contributed by atoms with Gasteiger partial charge in [-0.3, -0.25) is 9.59 Å². The van der Waals surface area contributed by atoms with Gasteiger partial charge in [-0.2, -0.15) is 4.31 Å². The molecule has 2 aliphatic rings. The maximum atomic E-state index is 13.0. The number of aryl methyl sites for hydroxylation is 1. The van der Waals surface area contributed by atoms with E-state index in [-0.39, 0.29) is 17.3 Å². The van der Waals surface area contributed by atoms with Gasteiger partial charge in [0.1, 0.15) is 6.04 Å². The van der Waals surface area contributed by atoms with Crippen LogP contribution in [0, 0.1) is 0 Å². The summed E-state index contributed by atoms with van der Waals surface area (Å²) in [4.78, 5) is 24.9. The molecule has 0 radical (unpaired) electrons. The molecular formula is C17H22N2O5S. The maximum Gasteiger partial charge on any atom is 0.322 e. The monoisotopic (exact) mass is 366 g/mol. The number of nitrogens with zero attached hydrogens (tertiary/aromatic N) is 2. The van der Waals surface area contributed by atoms with Crippen molar-refractivity contribution in [2.75, 3.05) is 18.0 Å². The highest BCUT2D eigenvalue weighted by molar-refractivity contribution is 7.89. The van der Waals surface area contributed by atoms with Gasteiger partial charge in [0.15, 0.2) is 0 Å². The Labute approximate surface area is 147 Å². The normalized spacial score (nSPS) is 21.6. The molecular weight excluding hydrogens is 344 g/mol. The van der Waals surface area contributed by atoms with E-state index in [0.29, 0.717) is 32.2 Å².